The molecule has 0 saturated carbocycles. The number of carbonyl (C=O) groups excluding carboxylic acids is 1. The van der Waals surface area contributed by atoms with Gasteiger partial charge in [-0.25, -0.2) is 14.6 Å². The number of fused-ring (bicyclic) bond motifs is 2. The molecule has 7 nitrogen and oxygen atoms in total. The van der Waals surface area contributed by atoms with E-state index in [1.54, 1.807) is 6.92 Å². The lowest BCUT2D eigenvalue weighted by Crippen LogP contribution is -2.21. The van der Waals surface area contributed by atoms with E-state index < -0.39 is 11.6 Å². The van der Waals surface area contributed by atoms with Crippen LogP contribution >= 0.6 is 0 Å². The molecule has 7 heteroatoms. The second-order valence-corrected chi connectivity index (χ2v) is 7.83. The Balaban J connectivity index is 1.77. The zero-order valence-corrected chi connectivity index (χ0v) is 19.1. The van der Waals surface area contributed by atoms with Gasteiger partial charge >= 0.3 is 11.6 Å². The van der Waals surface area contributed by atoms with Crippen molar-refractivity contribution in [2.75, 3.05) is 24.6 Å². The number of aromatic nitrogens is 2. The first kappa shape index (κ1) is 22.3. The minimum absolute atomic E-state index is 0.130. The van der Waals surface area contributed by atoms with Crippen molar-refractivity contribution in [2.24, 2.45) is 0 Å². The Bertz CT molecular complexity index is 1400. The van der Waals surface area contributed by atoms with Crippen LogP contribution in [0.15, 0.2) is 69.9 Å². The molecule has 0 fully saturated rings. The number of ether oxygens (including phenoxy) is 1. The number of carbonyl (C=O) groups is 1. The summed E-state index contributed by atoms with van der Waals surface area (Å²) in [5, 5.41) is 0.813. The van der Waals surface area contributed by atoms with Gasteiger partial charge in [-0.1, -0.05) is 18.7 Å². The summed E-state index contributed by atoms with van der Waals surface area (Å²) in [5.41, 5.74) is 3.37. The maximum Gasteiger partial charge on any atom is 0.347 e. The van der Waals surface area contributed by atoms with Gasteiger partial charge in [0.2, 0.25) is 0 Å². The number of para-hydroxylation sites is 2. The molecule has 170 valence electrons. The smallest absolute Gasteiger partial charge is 0.347 e. The molecule has 0 aliphatic heterocycles. The summed E-state index contributed by atoms with van der Waals surface area (Å²) in [6.45, 7) is 11.6. The van der Waals surface area contributed by atoms with Gasteiger partial charge in [0.15, 0.2) is 0 Å². The molecule has 0 bridgehead atoms. The van der Waals surface area contributed by atoms with E-state index in [2.05, 4.69) is 25.3 Å². The standard InChI is InChI=1S/C26H27N3O4/c1-5-28(6-2)19-12-11-18-15-20(26(31)33-23(18)16-19)24-27-21-9-7-8-10-22(21)29(24)13-14-32-25(30)17(3)4/h7-12,15-16H,3,5-6,13-14H2,1-2,4H3. The van der Waals surface area contributed by atoms with Gasteiger partial charge in [0.1, 0.15) is 23.6 Å². The van der Waals surface area contributed by atoms with E-state index in [1.807, 2.05) is 53.1 Å². The molecular weight excluding hydrogens is 418 g/mol. The zero-order valence-electron chi connectivity index (χ0n) is 19.1. The van der Waals surface area contributed by atoms with Crippen LogP contribution in [0.5, 0.6) is 0 Å². The van der Waals surface area contributed by atoms with Crippen LogP contribution in [-0.2, 0) is 16.1 Å². The van der Waals surface area contributed by atoms with Crippen molar-refractivity contribution in [3.05, 3.63) is 71.1 Å². The molecule has 0 amide bonds. The van der Waals surface area contributed by atoms with Crippen molar-refractivity contribution in [3.8, 4) is 11.4 Å². The normalized spacial score (nSPS) is 11.1. The summed E-state index contributed by atoms with van der Waals surface area (Å²) in [7, 11) is 0. The third-order valence-electron chi connectivity index (χ3n) is 5.64. The van der Waals surface area contributed by atoms with Crippen molar-refractivity contribution in [3.63, 3.8) is 0 Å². The van der Waals surface area contributed by atoms with Crippen molar-refractivity contribution in [1.82, 2.24) is 9.55 Å². The molecule has 0 aliphatic carbocycles. The minimum Gasteiger partial charge on any atom is -0.460 e. The molecule has 2 aromatic heterocycles. The van der Waals surface area contributed by atoms with E-state index in [9.17, 15) is 9.59 Å². The van der Waals surface area contributed by atoms with Gasteiger partial charge in [0, 0.05) is 35.8 Å². The van der Waals surface area contributed by atoms with Crippen LogP contribution in [0.25, 0.3) is 33.4 Å². The number of rotatable bonds is 8. The van der Waals surface area contributed by atoms with E-state index in [-0.39, 0.29) is 6.61 Å². The van der Waals surface area contributed by atoms with Gasteiger partial charge in [-0.05, 0) is 51.1 Å². The van der Waals surface area contributed by atoms with Gasteiger partial charge in [-0.2, -0.15) is 0 Å². The maximum absolute atomic E-state index is 13.0. The van der Waals surface area contributed by atoms with Crippen molar-refractivity contribution < 1.29 is 13.9 Å². The lowest BCUT2D eigenvalue weighted by atomic mass is 10.1. The molecule has 4 rings (SSSR count). The Morgan fingerprint density at radius 3 is 2.64 bits per heavy atom. The number of imidazole rings is 1. The fourth-order valence-corrected chi connectivity index (χ4v) is 3.90. The summed E-state index contributed by atoms with van der Waals surface area (Å²) in [6.07, 6.45) is 0. The van der Waals surface area contributed by atoms with Crippen LogP contribution in [-0.4, -0.2) is 35.2 Å². The largest absolute Gasteiger partial charge is 0.460 e. The molecule has 0 radical (unpaired) electrons. The summed E-state index contributed by atoms with van der Waals surface area (Å²) in [6, 6.07) is 15.3. The number of nitrogens with zero attached hydrogens (tertiary/aromatic N) is 3. The number of hydrogen-bond acceptors (Lipinski definition) is 6. The van der Waals surface area contributed by atoms with Crippen LogP contribution < -0.4 is 10.5 Å². The van der Waals surface area contributed by atoms with Gasteiger partial charge in [0.05, 0.1) is 17.6 Å². The topological polar surface area (TPSA) is 77.6 Å². The Hall–Kier alpha value is -3.87. The lowest BCUT2D eigenvalue weighted by Gasteiger charge is -2.21. The van der Waals surface area contributed by atoms with Crippen molar-refractivity contribution in [2.45, 2.75) is 27.3 Å². The van der Waals surface area contributed by atoms with Crippen molar-refractivity contribution >= 4 is 33.7 Å². The van der Waals surface area contributed by atoms with Gasteiger partial charge in [0.25, 0.3) is 0 Å². The lowest BCUT2D eigenvalue weighted by molar-refractivity contribution is -0.139. The predicted octanol–water partition coefficient (Wildman–Crippen LogP) is 4.78. The third kappa shape index (κ3) is 4.39. The molecule has 0 saturated heterocycles. The van der Waals surface area contributed by atoms with Crippen LogP contribution in [0.1, 0.15) is 20.8 Å². The Kier molecular flexibility index (Phi) is 6.31. The first-order valence-electron chi connectivity index (χ1n) is 11.0. The highest BCUT2D eigenvalue weighted by Gasteiger charge is 2.18. The Morgan fingerprint density at radius 2 is 1.91 bits per heavy atom. The molecular formula is C26H27N3O4. The first-order valence-corrected chi connectivity index (χ1v) is 11.0. The van der Waals surface area contributed by atoms with Gasteiger partial charge in [-0.3, -0.25) is 0 Å². The molecule has 0 N–H and O–H groups in total. The van der Waals surface area contributed by atoms with Crippen LogP contribution in [0.2, 0.25) is 0 Å². The fourth-order valence-electron chi connectivity index (χ4n) is 3.90. The number of benzene rings is 2. The molecule has 0 aliphatic rings. The quantitative estimate of drug-likeness (QED) is 0.221. The molecule has 0 atom stereocenters. The van der Waals surface area contributed by atoms with E-state index in [0.717, 1.165) is 35.2 Å². The van der Waals surface area contributed by atoms with E-state index in [4.69, 9.17) is 14.1 Å². The summed E-state index contributed by atoms with van der Waals surface area (Å²) in [5.74, 6) is 0.0289. The molecule has 33 heavy (non-hydrogen) atoms. The molecule has 4 aromatic rings. The predicted molar refractivity (Wildman–Crippen MR) is 131 cm³/mol. The van der Waals surface area contributed by atoms with Gasteiger partial charge in [-0.15, -0.1) is 0 Å². The molecule has 0 unspecified atom stereocenters. The summed E-state index contributed by atoms with van der Waals surface area (Å²) >= 11 is 0. The van der Waals surface area contributed by atoms with E-state index in [0.29, 0.717) is 29.1 Å². The maximum atomic E-state index is 13.0. The number of anilines is 1. The second-order valence-electron chi connectivity index (χ2n) is 7.83. The SMILES string of the molecule is C=C(C)C(=O)OCCn1c(-c2cc3ccc(N(CC)CC)cc3oc2=O)nc2ccccc21. The Labute approximate surface area is 191 Å². The van der Waals surface area contributed by atoms with E-state index in [1.165, 1.54) is 0 Å². The number of hydrogen-bond donors (Lipinski definition) is 0. The second kappa shape index (κ2) is 9.32. The van der Waals surface area contributed by atoms with Crippen LogP contribution in [0.4, 0.5) is 5.69 Å². The van der Waals surface area contributed by atoms with Crippen molar-refractivity contribution in [1.29, 1.82) is 0 Å². The summed E-state index contributed by atoms with van der Waals surface area (Å²) < 4.78 is 12.9. The summed E-state index contributed by atoms with van der Waals surface area (Å²) in [4.78, 5) is 31.7. The molecule has 2 aromatic carbocycles. The van der Waals surface area contributed by atoms with Crippen LogP contribution in [0, 0.1) is 0 Å². The first-order chi connectivity index (χ1) is 15.9. The monoisotopic (exact) mass is 445 g/mol. The average Bonchev–Trinajstić information content (AvgIpc) is 3.17. The zero-order chi connectivity index (χ0) is 23.5. The highest BCUT2D eigenvalue weighted by Crippen LogP contribution is 2.27. The van der Waals surface area contributed by atoms with E-state index >= 15 is 0 Å². The molecule has 0 spiro atoms. The third-order valence-corrected chi connectivity index (χ3v) is 5.64. The fraction of sp³-hybridized carbons (Fsp3) is 0.269. The average molecular weight is 446 g/mol. The minimum atomic E-state index is -0.463. The highest BCUT2D eigenvalue weighted by molar-refractivity contribution is 5.87. The number of esters is 1. The Morgan fingerprint density at radius 1 is 1.15 bits per heavy atom. The van der Waals surface area contributed by atoms with Crippen LogP contribution in [0.3, 0.4) is 0 Å². The van der Waals surface area contributed by atoms with Gasteiger partial charge < -0.3 is 18.6 Å². The molecule has 2 heterocycles. The highest BCUT2D eigenvalue weighted by atomic mass is 16.5.